The highest BCUT2D eigenvalue weighted by molar-refractivity contribution is 7.11. The Labute approximate surface area is 114 Å². The first-order valence-electron chi connectivity index (χ1n) is 5.82. The molecule has 0 aliphatic carbocycles. The molecule has 3 rings (SSSR count). The summed E-state index contributed by atoms with van der Waals surface area (Å²) in [5.74, 6) is 0. The molecule has 0 aliphatic rings. The fourth-order valence-electron chi connectivity index (χ4n) is 1.85. The molecule has 96 valence electrons. The molecular formula is C13H12N4OS. The number of benzene rings is 1. The van der Waals surface area contributed by atoms with Crippen molar-refractivity contribution < 1.29 is 5.11 Å². The third-order valence-corrected chi connectivity index (χ3v) is 3.73. The SMILES string of the molecule is Cc1ncc(C(O)c2cnnn2-c2ccccc2)s1. The molecule has 3 aromatic rings. The first-order valence-corrected chi connectivity index (χ1v) is 6.64. The molecule has 0 bridgehead atoms. The maximum atomic E-state index is 10.4. The molecule has 0 fully saturated rings. The van der Waals surface area contributed by atoms with Crippen LogP contribution in [0, 0.1) is 6.92 Å². The van der Waals surface area contributed by atoms with E-state index in [-0.39, 0.29) is 0 Å². The lowest BCUT2D eigenvalue weighted by molar-refractivity contribution is 0.215. The van der Waals surface area contributed by atoms with Gasteiger partial charge in [0.05, 0.1) is 27.5 Å². The van der Waals surface area contributed by atoms with Gasteiger partial charge in [0.1, 0.15) is 6.10 Å². The average molecular weight is 272 g/mol. The van der Waals surface area contributed by atoms with Gasteiger partial charge in [0, 0.05) is 6.20 Å². The first kappa shape index (κ1) is 12.0. The highest BCUT2D eigenvalue weighted by Gasteiger charge is 2.19. The van der Waals surface area contributed by atoms with Gasteiger partial charge >= 0.3 is 0 Å². The number of nitrogens with zero attached hydrogens (tertiary/aromatic N) is 4. The summed E-state index contributed by atoms with van der Waals surface area (Å²) in [7, 11) is 0. The number of aromatic nitrogens is 4. The Hall–Kier alpha value is -2.05. The van der Waals surface area contributed by atoms with Crippen molar-refractivity contribution in [3.05, 3.63) is 58.3 Å². The van der Waals surface area contributed by atoms with Crippen molar-refractivity contribution in [3.8, 4) is 5.69 Å². The Kier molecular flexibility index (Phi) is 3.10. The standard InChI is InChI=1S/C13H12N4OS/c1-9-14-8-12(19-9)13(18)11-7-15-16-17(11)10-5-3-2-4-6-10/h2-8,13,18H,1H3. The summed E-state index contributed by atoms with van der Waals surface area (Å²) < 4.78 is 1.64. The summed E-state index contributed by atoms with van der Waals surface area (Å²) >= 11 is 1.47. The summed E-state index contributed by atoms with van der Waals surface area (Å²) in [6.07, 6.45) is 2.50. The van der Waals surface area contributed by atoms with Crippen LogP contribution in [0.2, 0.25) is 0 Å². The smallest absolute Gasteiger partial charge is 0.133 e. The van der Waals surface area contributed by atoms with Crippen molar-refractivity contribution in [1.82, 2.24) is 20.0 Å². The van der Waals surface area contributed by atoms with Gasteiger partial charge in [0.25, 0.3) is 0 Å². The van der Waals surface area contributed by atoms with Crippen LogP contribution in [0.3, 0.4) is 0 Å². The van der Waals surface area contributed by atoms with Crippen molar-refractivity contribution in [1.29, 1.82) is 0 Å². The van der Waals surface area contributed by atoms with Crippen LogP contribution in [0.25, 0.3) is 5.69 Å². The van der Waals surface area contributed by atoms with Crippen molar-refractivity contribution in [3.63, 3.8) is 0 Å². The number of aliphatic hydroxyl groups excluding tert-OH is 1. The molecule has 0 aliphatic heterocycles. The normalized spacial score (nSPS) is 12.5. The third kappa shape index (κ3) is 2.27. The molecular weight excluding hydrogens is 260 g/mol. The molecule has 0 saturated carbocycles. The topological polar surface area (TPSA) is 63.8 Å². The number of rotatable bonds is 3. The Bertz CT molecular complexity index is 677. The number of para-hydroxylation sites is 1. The Morgan fingerprint density at radius 3 is 2.68 bits per heavy atom. The van der Waals surface area contributed by atoms with E-state index in [0.29, 0.717) is 5.69 Å². The zero-order chi connectivity index (χ0) is 13.2. The predicted molar refractivity (Wildman–Crippen MR) is 72.3 cm³/mol. The molecule has 5 nitrogen and oxygen atoms in total. The second kappa shape index (κ2) is 4.91. The highest BCUT2D eigenvalue weighted by Crippen LogP contribution is 2.27. The van der Waals surface area contributed by atoms with E-state index in [1.54, 1.807) is 17.1 Å². The van der Waals surface area contributed by atoms with Gasteiger partial charge in [-0.2, -0.15) is 0 Å². The van der Waals surface area contributed by atoms with Crippen LogP contribution >= 0.6 is 11.3 Å². The summed E-state index contributed by atoms with van der Waals surface area (Å²) in [5.41, 5.74) is 1.50. The van der Waals surface area contributed by atoms with E-state index in [4.69, 9.17) is 0 Å². The number of aliphatic hydroxyl groups is 1. The maximum Gasteiger partial charge on any atom is 0.133 e. The fourth-order valence-corrected chi connectivity index (χ4v) is 2.63. The second-order valence-corrected chi connectivity index (χ2v) is 5.36. The molecule has 0 amide bonds. The molecule has 0 radical (unpaired) electrons. The van der Waals surface area contributed by atoms with Gasteiger partial charge in [-0.1, -0.05) is 23.4 Å². The van der Waals surface area contributed by atoms with Crippen LogP contribution in [0.15, 0.2) is 42.7 Å². The molecule has 1 aromatic carbocycles. The molecule has 6 heteroatoms. The number of hydrogen-bond donors (Lipinski definition) is 1. The van der Waals surface area contributed by atoms with E-state index in [0.717, 1.165) is 15.6 Å². The van der Waals surface area contributed by atoms with Crippen molar-refractivity contribution in [2.75, 3.05) is 0 Å². The zero-order valence-electron chi connectivity index (χ0n) is 10.3. The third-order valence-electron chi connectivity index (χ3n) is 2.77. The van der Waals surface area contributed by atoms with Gasteiger partial charge in [-0.05, 0) is 19.1 Å². The molecule has 2 aromatic heterocycles. The molecule has 2 heterocycles. The molecule has 1 N–H and O–H groups in total. The minimum atomic E-state index is -0.763. The molecule has 19 heavy (non-hydrogen) atoms. The lowest BCUT2D eigenvalue weighted by Crippen LogP contribution is -2.07. The number of thiazole rings is 1. The summed E-state index contributed by atoms with van der Waals surface area (Å²) in [4.78, 5) is 4.95. The van der Waals surface area contributed by atoms with E-state index in [2.05, 4.69) is 15.3 Å². The van der Waals surface area contributed by atoms with E-state index >= 15 is 0 Å². The molecule has 1 unspecified atom stereocenters. The lowest BCUT2D eigenvalue weighted by Gasteiger charge is -2.10. The van der Waals surface area contributed by atoms with Crippen LogP contribution in [0.1, 0.15) is 21.7 Å². The van der Waals surface area contributed by atoms with Crippen molar-refractivity contribution in [2.24, 2.45) is 0 Å². The largest absolute Gasteiger partial charge is 0.381 e. The predicted octanol–water partition coefficient (Wildman–Crippen LogP) is 2.11. The summed E-state index contributed by atoms with van der Waals surface area (Å²) in [5, 5.41) is 19.2. The second-order valence-electron chi connectivity index (χ2n) is 4.09. The first-order chi connectivity index (χ1) is 9.25. The average Bonchev–Trinajstić information content (AvgIpc) is 3.07. The van der Waals surface area contributed by atoms with Crippen LogP contribution < -0.4 is 0 Å². The minimum absolute atomic E-state index is 0.634. The van der Waals surface area contributed by atoms with Gasteiger partial charge in [-0.3, -0.25) is 0 Å². The monoisotopic (exact) mass is 272 g/mol. The number of hydrogen-bond acceptors (Lipinski definition) is 5. The Morgan fingerprint density at radius 1 is 1.21 bits per heavy atom. The van der Waals surface area contributed by atoms with E-state index in [1.807, 2.05) is 37.3 Å². The van der Waals surface area contributed by atoms with Crippen molar-refractivity contribution >= 4 is 11.3 Å². The maximum absolute atomic E-state index is 10.4. The van der Waals surface area contributed by atoms with Crippen LogP contribution in [0.5, 0.6) is 0 Å². The Balaban J connectivity index is 2.01. The van der Waals surface area contributed by atoms with Gasteiger partial charge < -0.3 is 5.11 Å². The quantitative estimate of drug-likeness (QED) is 0.793. The highest BCUT2D eigenvalue weighted by atomic mass is 32.1. The van der Waals surface area contributed by atoms with Crippen LogP contribution in [-0.2, 0) is 0 Å². The van der Waals surface area contributed by atoms with Crippen molar-refractivity contribution in [2.45, 2.75) is 13.0 Å². The van der Waals surface area contributed by atoms with E-state index in [9.17, 15) is 5.11 Å². The van der Waals surface area contributed by atoms with Gasteiger partial charge in [-0.25, -0.2) is 9.67 Å². The number of aryl methyl sites for hydroxylation is 1. The van der Waals surface area contributed by atoms with Gasteiger partial charge in [0.15, 0.2) is 0 Å². The molecule has 1 atom stereocenters. The van der Waals surface area contributed by atoms with Crippen LogP contribution in [-0.4, -0.2) is 25.1 Å². The molecule has 0 spiro atoms. The van der Waals surface area contributed by atoms with Gasteiger partial charge in [0.2, 0.25) is 0 Å². The fraction of sp³-hybridized carbons (Fsp3) is 0.154. The minimum Gasteiger partial charge on any atom is -0.381 e. The Morgan fingerprint density at radius 2 is 2.00 bits per heavy atom. The summed E-state index contributed by atoms with van der Waals surface area (Å²) in [6.45, 7) is 1.91. The van der Waals surface area contributed by atoms with Crippen LogP contribution in [0.4, 0.5) is 0 Å². The zero-order valence-corrected chi connectivity index (χ0v) is 11.1. The van der Waals surface area contributed by atoms with E-state index < -0.39 is 6.10 Å². The lowest BCUT2D eigenvalue weighted by atomic mass is 10.2. The summed E-state index contributed by atoms with van der Waals surface area (Å²) in [6, 6.07) is 9.61. The van der Waals surface area contributed by atoms with E-state index in [1.165, 1.54) is 11.3 Å². The van der Waals surface area contributed by atoms with Gasteiger partial charge in [-0.15, -0.1) is 16.4 Å². The molecule has 0 saturated heterocycles.